The Kier molecular flexibility index (Phi) is 5.79. The summed E-state index contributed by atoms with van der Waals surface area (Å²) in [5, 5.41) is 0. The van der Waals surface area contributed by atoms with Crippen molar-refractivity contribution in [3.63, 3.8) is 0 Å². The summed E-state index contributed by atoms with van der Waals surface area (Å²) in [4.78, 5) is 25.8. The van der Waals surface area contributed by atoms with Crippen LogP contribution in [0.1, 0.15) is 18.0 Å². The number of aromatic nitrogens is 2. The van der Waals surface area contributed by atoms with Crippen molar-refractivity contribution in [3.05, 3.63) is 44.4 Å². The molecule has 0 saturated carbocycles. The minimum absolute atomic E-state index is 0.0654. The molecule has 0 amide bonds. The van der Waals surface area contributed by atoms with Crippen LogP contribution in [0.2, 0.25) is 0 Å². The van der Waals surface area contributed by atoms with E-state index in [0.29, 0.717) is 17.7 Å². The van der Waals surface area contributed by atoms with Crippen LogP contribution < -0.4 is 28.1 Å². The highest BCUT2D eigenvalue weighted by atomic mass is 31.2. The first-order valence-electron chi connectivity index (χ1n) is 7.26. The van der Waals surface area contributed by atoms with Crippen LogP contribution in [0, 0.1) is 6.92 Å². The Balaban J connectivity index is 2.23. The molecule has 3 atom stereocenters. The molecule has 11 heteroatoms. The number of ether oxygens (including phenoxy) is 1. The minimum Gasteiger partial charge on any atom is -0.362 e. The number of nitrogens with zero attached hydrogens (tertiary/aromatic N) is 1. The molecule has 0 saturated heterocycles. The molecule has 3 unspecified atom stereocenters. The van der Waals surface area contributed by atoms with E-state index in [9.17, 15) is 14.2 Å². The number of nitrogens with one attached hydrogen (secondary N) is 3. The van der Waals surface area contributed by atoms with Crippen LogP contribution >= 0.6 is 7.37 Å². The second-order valence-electron chi connectivity index (χ2n) is 5.65. The molecule has 0 spiro atoms. The lowest BCUT2D eigenvalue weighted by Gasteiger charge is -2.20. The third kappa shape index (κ3) is 4.22. The number of hydrazine groups is 2. The number of H-pyrrole nitrogens is 1. The van der Waals surface area contributed by atoms with E-state index in [1.165, 1.54) is 24.5 Å². The highest BCUT2D eigenvalue weighted by molar-refractivity contribution is 7.57. The number of rotatable bonds is 7. The Morgan fingerprint density at radius 2 is 2.21 bits per heavy atom. The Labute approximate surface area is 138 Å². The molecule has 0 bridgehead atoms. The first-order chi connectivity index (χ1) is 11.3. The van der Waals surface area contributed by atoms with Crippen LogP contribution in [0.3, 0.4) is 0 Å². The fourth-order valence-electron chi connectivity index (χ4n) is 2.40. The summed E-state index contributed by atoms with van der Waals surface area (Å²) in [6.07, 6.45) is 3.16. The fourth-order valence-corrected chi connectivity index (χ4v) is 2.95. The number of nitrogens with two attached hydrogens (primary N) is 1. The zero-order valence-corrected chi connectivity index (χ0v) is 14.6. The molecule has 1 aromatic heterocycles. The normalized spacial score (nSPS) is 22.9. The second-order valence-corrected chi connectivity index (χ2v) is 8.31. The van der Waals surface area contributed by atoms with Gasteiger partial charge in [0.25, 0.3) is 5.56 Å². The van der Waals surface area contributed by atoms with Crippen LogP contribution in [-0.4, -0.2) is 35.8 Å². The average Bonchev–Trinajstić information content (AvgIpc) is 2.92. The number of allylic oxidation sites excluding steroid dienone is 1. The first-order valence-corrected chi connectivity index (χ1v) is 9.52. The maximum atomic E-state index is 12.0. The lowest BCUT2D eigenvalue weighted by atomic mass is 10.2. The molecule has 134 valence electrons. The van der Waals surface area contributed by atoms with Crippen LogP contribution in [0.15, 0.2) is 27.6 Å². The maximum absolute atomic E-state index is 12.0. The highest BCUT2D eigenvalue weighted by Crippen LogP contribution is 2.42. The molecule has 24 heavy (non-hydrogen) atoms. The van der Waals surface area contributed by atoms with Gasteiger partial charge in [-0.15, -0.1) is 0 Å². The van der Waals surface area contributed by atoms with Crippen molar-refractivity contribution in [1.82, 2.24) is 20.5 Å². The fraction of sp³-hybridized carbons (Fsp3) is 0.538. The summed E-state index contributed by atoms with van der Waals surface area (Å²) in [5.74, 6) is 5.28. The molecule has 1 aliphatic rings. The Hall–Kier alpha value is -1.71. The van der Waals surface area contributed by atoms with Gasteiger partial charge >= 0.3 is 5.69 Å². The third-order valence-corrected chi connectivity index (χ3v) is 5.18. The van der Waals surface area contributed by atoms with Crippen molar-refractivity contribution in [2.45, 2.75) is 25.5 Å². The summed E-state index contributed by atoms with van der Waals surface area (Å²) in [7, 11) is -1.47. The average molecular weight is 359 g/mol. The molecule has 0 aromatic carbocycles. The van der Waals surface area contributed by atoms with E-state index in [0.717, 1.165) is 0 Å². The van der Waals surface area contributed by atoms with E-state index in [4.69, 9.17) is 15.1 Å². The topological polar surface area (TPSA) is 140 Å². The molecule has 1 aliphatic carbocycles. The lowest BCUT2D eigenvalue weighted by Crippen LogP contribution is -2.40. The molecule has 10 nitrogen and oxygen atoms in total. The van der Waals surface area contributed by atoms with E-state index < -0.39 is 24.7 Å². The van der Waals surface area contributed by atoms with E-state index >= 15 is 0 Å². The van der Waals surface area contributed by atoms with Crippen LogP contribution in [0.5, 0.6) is 0 Å². The summed E-state index contributed by atoms with van der Waals surface area (Å²) < 4.78 is 24.0. The van der Waals surface area contributed by atoms with Gasteiger partial charge in [-0.2, -0.15) is 5.53 Å². The quantitative estimate of drug-likeness (QED) is 0.291. The second kappa shape index (κ2) is 7.45. The minimum atomic E-state index is -2.83. The van der Waals surface area contributed by atoms with Crippen LogP contribution in [-0.2, 0) is 13.8 Å². The van der Waals surface area contributed by atoms with Crippen molar-refractivity contribution >= 4 is 7.37 Å². The summed E-state index contributed by atoms with van der Waals surface area (Å²) >= 11 is 0. The third-order valence-electron chi connectivity index (χ3n) is 3.79. The standard InChI is InChI=1S/C13H22N5O5P/c1-8-6-18(13(20)15-12(8)19)9-4-10(16-17-14)11(5-9)23-7-24(3,21)22-2/h4,6,9,11,16-17H,5,7,14H2,1-3H3,(H,15,19,20). The van der Waals surface area contributed by atoms with Gasteiger partial charge in [0.05, 0.1) is 11.7 Å². The first kappa shape index (κ1) is 18.6. The van der Waals surface area contributed by atoms with Crippen molar-refractivity contribution in [2.75, 3.05) is 20.1 Å². The predicted octanol–water partition coefficient (Wildman–Crippen LogP) is -0.461. The molecule has 1 aromatic rings. The molecule has 1 heterocycles. The summed E-state index contributed by atoms with van der Waals surface area (Å²) in [6, 6.07) is -0.340. The van der Waals surface area contributed by atoms with Gasteiger partial charge in [0, 0.05) is 32.0 Å². The zero-order chi connectivity index (χ0) is 17.9. The van der Waals surface area contributed by atoms with E-state index in [1.54, 1.807) is 13.0 Å². The van der Waals surface area contributed by atoms with E-state index in [1.807, 2.05) is 0 Å². The Morgan fingerprint density at radius 3 is 2.83 bits per heavy atom. The molecule has 5 N–H and O–H groups in total. The number of aryl methyl sites for hydroxylation is 1. The Bertz CT molecular complexity index is 786. The summed E-state index contributed by atoms with van der Waals surface area (Å²) in [6.45, 7) is 3.10. The molecule has 0 radical (unpaired) electrons. The molecule has 0 aliphatic heterocycles. The van der Waals surface area contributed by atoms with Gasteiger partial charge in [0.2, 0.25) is 7.37 Å². The summed E-state index contributed by atoms with van der Waals surface area (Å²) in [5.41, 5.74) is 5.16. The van der Waals surface area contributed by atoms with Crippen LogP contribution in [0.4, 0.5) is 0 Å². The van der Waals surface area contributed by atoms with Gasteiger partial charge in [-0.05, 0) is 13.0 Å². The van der Waals surface area contributed by atoms with Gasteiger partial charge < -0.3 is 14.7 Å². The monoisotopic (exact) mass is 359 g/mol. The Morgan fingerprint density at radius 1 is 1.50 bits per heavy atom. The van der Waals surface area contributed by atoms with Crippen molar-refractivity contribution < 1.29 is 13.8 Å². The van der Waals surface area contributed by atoms with Crippen molar-refractivity contribution in [2.24, 2.45) is 5.84 Å². The van der Waals surface area contributed by atoms with Gasteiger partial charge in [-0.25, -0.2) is 4.79 Å². The predicted molar refractivity (Wildman–Crippen MR) is 88.5 cm³/mol. The van der Waals surface area contributed by atoms with E-state index in [-0.39, 0.29) is 12.4 Å². The largest absolute Gasteiger partial charge is 0.362 e. The van der Waals surface area contributed by atoms with Crippen LogP contribution in [0.25, 0.3) is 0 Å². The molecular formula is C13H22N5O5P. The van der Waals surface area contributed by atoms with E-state index in [2.05, 4.69) is 15.9 Å². The van der Waals surface area contributed by atoms with Gasteiger partial charge in [-0.3, -0.25) is 24.8 Å². The molecular weight excluding hydrogens is 337 g/mol. The zero-order valence-electron chi connectivity index (χ0n) is 13.7. The molecule has 0 fully saturated rings. The van der Waals surface area contributed by atoms with Crippen molar-refractivity contribution in [1.29, 1.82) is 0 Å². The molecule has 2 rings (SSSR count). The van der Waals surface area contributed by atoms with Gasteiger partial charge in [-0.1, -0.05) is 0 Å². The number of hydrogen-bond donors (Lipinski definition) is 4. The number of hydrogen-bond acceptors (Lipinski definition) is 8. The van der Waals surface area contributed by atoms with Crippen molar-refractivity contribution in [3.8, 4) is 0 Å². The number of aromatic amines is 1. The highest BCUT2D eigenvalue weighted by Gasteiger charge is 2.31. The SMILES string of the molecule is COP(C)(=O)COC1CC(n2cc(C)c(=O)[nH]c2=O)C=C1NNN. The maximum Gasteiger partial charge on any atom is 0.328 e. The lowest BCUT2D eigenvalue weighted by molar-refractivity contribution is 0.0948. The van der Waals surface area contributed by atoms with Gasteiger partial charge in [0.15, 0.2) is 0 Å². The van der Waals surface area contributed by atoms with Gasteiger partial charge in [0.1, 0.15) is 12.5 Å². The smallest absolute Gasteiger partial charge is 0.328 e.